The Morgan fingerprint density at radius 3 is 2.45 bits per heavy atom. The fourth-order valence-electron chi connectivity index (χ4n) is 2.53. The van der Waals surface area contributed by atoms with Crippen molar-refractivity contribution in [1.29, 1.82) is 0 Å². The average Bonchev–Trinajstić information content (AvgIpc) is 2.67. The van der Waals surface area contributed by atoms with Gasteiger partial charge >= 0.3 is 12.1 Å². The highest BCUT2D eigenvalue weighted by molar-refractivity contribution is 9.11. The van der Waals surface area contributed by atoms with Gasteiger partial charge in [-0.05, 0) is 58.6 Å². The summed E-state index contributed by atoms with van der Waals surface area (Å²) in [6.07, 6.45) is 2.69. The van der Waals surface area contributed by atoms with Gasteiger partial charge in [0.2, 0.25) is 0 Å². The fraction of sp³-hybridized carbons (Fsp3) is 0.200. The van der Waals surface area contributed by atoms with Gasteiger partial charge in [0.25, 0.3) is 0 Å². The highest BCUT2D eigenvalue weighted by Gasteiger charge is 2.26. The first-order valence-electron chi connectivity index (χ1n) is 8.42. The first-order valence-corrected chi connectivity index (χ1v) is 11.2. The van der Waals surface area contributed by atoms with Crippen molar-refractivity contribution >= 4 is 61.4 Å². The average molecular weight is 545 g/mol. The van der Waals surface area contributed by atoms with Gasteiger partial charge in [-0.1, -0.05) is 28.9 Å². The van der Waals surface area contributed by atoms with Crippen LogP contribution in [0.4, 0.5) is 10.5 Å². The first kappa shape index (κ1) is 23.3. The molecule has 9 heteroatoms. The molecule has 0 spiro atoms. The molecule has 0 saturated carbocycles. The topological polar surface area (TPSA) is 95.9 Å². The molecular formula is C20H19Br2NO5S. The highest BCUT2D eigenvalue weighted by atomic mass is 79.9. The Morgan fingerprint density at radius 1 is 1.21 bits per heavy atom. The molecule has 2 aromatic carbocycles. The fourth-order valence-corrected chi connectivity index (χ4v) is 4.20. The zero-order chi connectivity index (χ0) is 21.6. The minimum atomic E-state index is -1.12. The molecule has 0 fully saturated rings. The molecule has 0 heterocycles. The van der Waals surface area contributed by atoms with Gasteiger partial charge in [0.05, 0.1) is 4.47 Å². The quantitative estimate of drug-likeness (QED) is 0.283. The number of phenolic OH excluding ortho intramolecular Hbond substituents is 1. The number of amides is 1. The van der Waals surface area contributed by atoms with Crippen LogP contribution in [0.2, 0.25) is 0 Å². The van der Waals surface area contributed by atoms with Crippen LogP contribution in [0, 0.1) is 5.92 Å². The minimum Gasteiger partial charge on any atom is -0.506 e. The summed E-state index contributed by atoms with van der Waals surface area (Å²) in [6, 6.07) is 10.5. The summed E-state index contributed by atoms with van der Waals surface area (Å²) < 4.78 is 6.66. The number of halogens is 2. The van der Waals surface area contributed by atoms with E-state index in [0.29, 0.717) is 20.2 Å². The Bertz CT molecular complexity index is 918. The van der Waals surface area contributed by atoms with Crippen molar-refractivity contribution in [3.05, 3.63) is 63.1 Å². The summed E-state index contributed by atoms with van der Waals surface area (Å²) in [5, 5.41) is 22.0. The van der Waals surface area contributed by atoms with E-state index in [9.17, 15) is 14.7 Å². The smallest absolute Gasteiger partial charge is 0.412 e. The second-order valence-electron chi connectivity index (χ2n) is 6.06. The van der Waals surface area contributed by atoms with Crippen LogP contribution >= 0.6 is 43.6 Å². The monoisotopic (exact) mass is 543 g/mol. The number of carbonyl (C=O) groups excluding carboxylic acids is 1. The van der Waals surface area contributed by atoms with Gasteiger partial charge in [-0.2, -0.15) is 0 Å². The third-order valence-electron chi connectivity index (χ3n) is 3.95. The minimum absolute atomic E-state index is 0.0918. The summed E-state index contributed by atoms with van der Waals surface area (Å²) >= 11 is 8.19. The van der Waals surface area contributed by atoms with Crippen molar-refractivity contribution in [2.45, 2.75) is 17.9 Å². The molecule has 3 N–H and O–H groups in total. The third kappa shape index (κ3) is 6.80. The predicted octanol–water partition coefficient (Wildman–Crippen LogP) is 6.21. The summed E-state index contributed by atoms with van der Waals surface area (Å²) in [4.78, 5) is 24.4. The molecule has 2 aromatic rings. The number of aromatic hydroxyl groups is 1. The molecule has 0 bridgehead atoms. The van der Waals surface area contributed by atoms with Gasteiger partial charge in [-0.25, -0.2) is 9.59 Å². The molecule has 0 aliphatic carbocycles. The summed E-state index contributed by atoms with van der Waals surface area (Å²) in [5.74, 6) is -1.73. The van der Waals surface area contributed by atoms with Crippen molar-refractivity contribution in [3.8, 4) is 5.75 Å². The zero-order valence-electron chi connectivity index (χ0n) is 15.6. The molecule has 154 valence electrons. The normalized spacial score (nSPS) is 13.1. The van der Waals surface area contributed by atoms with Crippen LogP contribution in [-0.4, -0.2) is 28.5 Å². The van der Waals surface area contributed by atoms with Crippen LogP contribution in [-0.2, 0) is 9.53 Å². The van der Waals surface area contributed by atoms with Crippen molar-refractivity contribution in [3.63, 3.8) is 0 Å². The van der Waals surface area contributed by atoms with E-state index in [1.165, 1.54) is 6.08 Å². The molecule has 0 radical (unpaired) electrons. The van der Waals surface area contributed by atoms with Crippen LogP contribution in [0.5, 0.6) is 5.75 Å². The molecule has 29 heavy (non-hydrogen) atoms. The Hall–Kier alpha value is -1.97. The molecule has 6 nitrogen and oxygen atoms in total. The van der Waals surface area contributed by atoms with Gasteiger partial charge in [-0.3, -0.25) is 5.32 Å². The van der Waals surface area contributed by atoms with Crippen LogP contribution in [0.1, 0.15) is 18.6 Å². The molecule has 1 amide bonds. The number of benzene rings is 2. The third-order valence-corrected chi connectivity index (χ3v) is 5.76. The molecular weight excluding hydrogens is 526 g/mol. The van der Waals surface area contributed by atoms with E-state index in [2.05, 4.69) is 37.2 Å². The number of nitrogens with one attached hydrogen (secondary N) is 1. The predicted molar refractivity (Wildman–Crippen MR) is 121 cm³/mol. The van der Waals surface area contributed by atoms with Gasteiger partial charge in [0.1, 0.15) is 11.9 Å². The maximum atomic E-state index is 12.5. The van der Waals surface area contributed by atoms with E-state index in [1.54, 1.807) is 43.0 Å². The molecule has 0 saturated heterocycles. The number of carboxylic acid groups (broad SMARTS) is 1. The lowest BCUT2D eigenvalue weighted by atomic mass is 9.96. The van der Waals surface area contributed by atoms with E-state index in [0.717, 1.165) is 11.0 Å². The van der Waals surface area contributed by atoms with Gasteiger partial charge in [0.15, 0.2) is 0 Å². The Kier molecular flexibility index (Phi) is 8.60. The Balaban J connectivity index is 2.29. The first-order chi connectivity index (χ1) is 13.7. The molecule has 0 aromatic heterocycles. The maximum absolute atomic E-state index is 12.5. The number of ether oxygens (including phenoxy) is 1. The number of thioether (sulfide) groups is 1. The number of hydrogen-bond donors (Lipinski definition) is 3. The van der Waals surface area contributed by atoms with Gasteiger partial charge in [0, 0.05) is 32.6 Å². The Morgan fingerprint density at radius 2 is 1.86 bits per heavy atom. The van der Waals surface area contributed by atoms with E-state index in [-0.39, 0.29) is 5.75 Å². The molecule has 0 unspecified atom stereocenters. The van der Waals surface area contributed by atoms with Crippen molar-refractivity contribution < 1.29 is 24.5 Å². The number of carbonyl (C=O) groups is 2. The number of rotatable bonds is 7. The van der Waals surface area contributed by atoms with E-state index >= 15 is 0 Å². The van der Waals surface area contributed by atoms with Crippen molar-refractivity contribution in [2.75, 3.05) is 11.6 Å². The Labute approximate surface area is 189 Å². The number of carboxylic acids is 1. The van der Waals surface area contributed by atoms with Gasteiger partial charge in [-0.15, -0.1) is 11.8 Å². The lowest BCUT2D eigenvalue weighted by Gasteiger charge is -2.24. The van der Waals surface area contributed by atoms with Crippen LogP contribution in [0.3, 0.4) is 0 Å². The summed E-state index contributed by atoms with van der Waals surface area (Å²) in [6.45, 7) is 1.69. The van der Waals surface area contributed by atoms with E-state index < -0.39 is 24.1 Å². The number of hydrogen-bond acceptors (Lipinski definition) is 5. The highest BCUT2D eigenvalue weighted by Crippen LogP contribution is 2.40. The lowest BCUT2D eigenvalue weighted by molar-refractivity contribution is -0.131. The number of anilines is 1. The van der Waals surface area contributed by atoms with Crippen LogP contribution in [0.25, 0.3) is 0 Å². The van der Waals surface area contributed by atoms with E-state index in [1.807, 2.05) is 18.4 Å². The molecule has 0 aliphatic heterocycles. The lowest BCUT2D eigenvalue weighted by Crippen LogP contribution is -2.21. The summed E-state index contributed by atoms with van der Waals surface area (Å²) in [5.41, 5.74) is 0.890. The molecule has 0 aliphatic rings. The number of phenols is 1. The number of aliphatic carboxylic acids is 1. The second kappa shape index (κ2) is 10.7. The SMILES string of the molecule is CSc1ccc(NC(=O)O[C@@H](c2cc(Br)cc(Br)c2O)[C@H](C)/C=C/C(=O)O)cc1. The van der Waals surface area contributed by atoms with Crippen LogP contribution in [0.15, 0.2) is 62.4 Å². The standard InChI is InChI=1S/C20H19Br2NO5S/c1-11(3-8-17(24)25)19(15-9-12(21)10-16(22)18(15)26)28-20(27)23-13-4-6-14(29-2)7-5-13/h3-11,19,26H,1-2H3,(H,23,27)(H,24,25)/b8-3+/t11-,19-/m1/s1. The maximum Gasteiger partial charge on any atom is 0.412 e. The summed E-state index contributed by atoms with van der Waals surface area (Å²) in [7, 11) is 0. The van der Waals surface area contributed by atoms with Gasteiger partial charge < -0.3 is 14.9 Å². The van der Waals surface area contributed by atoms with Crippen LogP contribution < -0.4 is 5.32 Å². The van der Waals surface area contributed by atoms with E-state index in [4.69, 9.17) is 9.84 Å². The zero-order valence-corrected chi connectivity index (χ0v) is 19.5. The van der Waals surface area contributed by atoms with Crippen molar-refractivity contribution in [1.82, 2.24) is 0 Å². The van der Waals surface area contributed by atoms with Crippen molar-refractivity contribution in [2.24, 2.45) is 5.92 Å². The largest absolute Gasteiger partial charge is 0.506 e. The molecule has 2 rings (SSSR count). The second-order valence-corrected chi connectivity index (χ2v) is 8.71. The molecule has 2 atom stereocenters.